The maximum absolute atomic E-state index is 11.6. The quantitative estimate of drug-likeness (QED) is 0.860. The fraction of sp³-hybridized carbons (Fsp3) is 0.500. The van der Waals surface area contributed by atoms with Gasteiger partial charge in [-0.1, -0.05) is 12.1 Å². The first-order valence-corrected chi connectivity index (χ1v) is 6.27. The van der Waals surface area contributed by atoms with Crippen LogP contribution in [0.3, 0.4) is 0 Å². The SMILES string of the molecule is CNC(c1ccc2c(c1)CC(=O)N2C)C1CC1. The van der Waals surface area contributed by atoms with Crippen LogP contribution in [0.5, 0.6) is 0 Å². The van der Waals surface area contributed by atoms with Crippen molar-refractivity contribution in [3.05, 3.63) is 29.3 Å². The summed E-state index contributed by atoms with van der Waals surface area (Å²) in [5, 5.41) is 3.40. The predicted octanol–water partition coefficient (Wildman–Crippen LogP) is 1.88. The molecule has 0 spiro atoms. The van der Waals surface area contributed by atoms with Crippen molar-refractivity contribution >= 4 is 11.6 Å². The molecule has 1 atom stereocenters. The highest BCUT2D eigenvalue weighted by Crippen LogP contribution is 2.42. The third kappa shape index (κ3) is 1.75. The topological polar surface area (TPSA) is 32.3 Å². The van der Waals surface area contributed by atoms with Gasteiger partial charge in [0.15, 0.2) is 0 Å². The number of anilines is 1. The number of carbonyl (C=O) groups is 1. The molecule has 17 heavy (non-hydrogen) atoms. The molecule has 0 aromatic heterocycles. The zero-order valence-corrected chi connectivity index (χ0v) is 10.4. The van der Waals surface area contributed by atoms with Gasteiger partial charge in [0.1, 0.15) is 0 Å². The number of benzene rings is 1. The van der Waals surface area contributed by atoms with E-state index >= 15 is 0 Å². The Morgan fingerprint density at radius 2 is 2.18 bits per heavy atom. The molecule has 0 saturated heterocycles. The lowest BCUT2D eigenvalue weighted by atomic mass is 9.99. The van der Waals surface area contributed by atoms with E-state index in [1.165, 1.54) is 24.0 Å². The van der Waals surface area contributed by atoms with Crippen molar-refractivity contribution in [1.82, 2.24) is 5.32 Å². The number of nitrogens with zero attached hydrogens (tertiary/aromatic N) is 1. The van der Waals surface area contributed by atoms with Crippen LogP contribution in [0.2, 0.25) is 0 Å². The highest BCUT2D eigenvalue weighted by atomic mass is 16.2. The minimum Gasteiger partial charge on any atom is -0.315 e. The van der Waals surface area contributed by atoms with Crippen LogP contribution in [-0.2, 0) is 11.2 Å². The highest BCUT2D eigenvalue weighted by Gasteiger charge is 2.32. The molecule has 0 bridgehead atoms. The molecule has 1 N–H and O–H groups in total. The first kappa shape index (κ1) is 10.8. The van der Waals surface area contributed by atoms with E-state index in [4.69, 9.17) is 0 Å². The van der Waals surface area contributed by atoms with Crippen LogP contribution in [-0.4, -0.2) is 20.0 Å². The number of carbonyl (C=O) groups excluding carboxylic acids is 1. The van der Waals surface area contributed by atoms with E-state index in [2.05, 4.69) is 23.5 Å². The zero-order valence-electron chi connectivity index (χ0n) is 10.4. The summed E-state index contributed by atoms with van der Waals surface area (Å²) in [5.74, 6) is 0.984. The van der Waals surface area contributed by atoms with Gasteiger partial charge in [0.25, 0.3) is 0 Å². The van der Waals surface area contributed by atoms with Crippen molar-refractivity contribution < 1.29 is 4.79 Å². The summed E-state index contributed by atoms with van der Waals surface area (Å²) in [6.45, 7) is 0. The molecule has 1 saturated carbocycles. The van der Waals surface area contributed by atoms with Crippen LogP contribution >= 0.6 is 0 Å². The Morgan fingerprint density at radius 1 is 1.41 bits per heavy atom. The Morgan fingerprint density at radius 3 is 2.82 bits per heavy atom. The minimum atomic E-state index is 0.199. The summed E-state index contributed by atoms with van der Waals surface area (Å²) in [4.78, 5) is 13.4. The standard InChI is InChI=1S/C14H18N2O/c1-15-14(9-3-4-9)10-5-6-12-11(7-10)8-13(17)16(12)2/h5-7,9,14-15H,3-4,8H2,1-2H3. The van der Waals surface area contributed by atoms with Gasteiger partial charge in [0.05, 0.1) is 6.42 Å². The molecule has 3 heteroatoms. The van der Waals surface area contributed by atoms with Crippen molar-refractivity contribution in [2.45, 2.75) is 25.3 Å². The Hall–Kier alpha value is -1.35. The summed E-state index contributed by atoms with van der Waals surface area (Å²) in [6.07, 6.45) is 3.20. The summed E-state index contributed by atoms with van der Waals surface area (Å²) in [5.41, 5.74) is 3.58. The van der Waals surface area contributed by atoms with Gasteiger partial charge < -0.3 is 10.2 Å². The van der Waals surface area contributed by atoms with E-state index in [1.54, 1.807) is 4.90 Å². The Labute approximate surface area is 102 Å². The van der Waals surface area contributed by atoms with Gasteiger partial charge in [-0.3, -0.25) is 4.79 Å². The Bertz CT molecular complexity index is 465. The monoisotopic (exact) mass is 230 g/mol. The molecule has 1 amide bonds. The van der Waals surface area contributed by atoms with E-state index in [1.807, 2.05) is 14.1 Å². The van der Waals surface area contributed by atoms with Crippen LogP contribution in [0, 0.1) is 5.92 Å². The molecule has 0 radical (unpaired) electrons. The van der Waals surface area contributed by atoms with Crippen molar-refractivity contribution in [1.29, 1.82) is 0 Å². The van der Waals surface area contributed by atoms with Crippen molar-refractivity contribution in [3.8, 4) is 0 Å². The van der Waals surface area contributed by atoms with Crippen molar-refractivity contribution in [3.63, 3.8) is 0 Å². The molecular formula is C14H18N2O. The molecule has 1 fully saturated rings. The van der Waals surface area contributed by atoms with Crippen molar-refractivity contribution in [2.24, 2.45) is 5.92 Å². The third-order valence-electron chi connectivity index (χ3n) is 3.94. The normalized spacial score (nSPS) is 20.6. The molecule has 1 aromatic rings. The fourth-order valence-corrected chi connectivity index (χ4v) is 2.79. The molecule has 3 nitrogen and oxygen atoms in total. The van der Waals surface area contributed by atoms with Gasteiger partial charge in [0, 0.05) is 18.8 Å². The van der Waals surface area contributed by atoms with Crippen LogP contribution in [0.4, 0.5) is 5.69 Å². The molecule has 90 valence electrons. The number of fused-ring (bicyclic) bond motifs is 1. The number of amides is 1. The number of hydrogen-bond donors (Lipinski definition) is 1. The lowest BCUT2D eigenvalue weighted by molar-refractivity contribution is -0.117. The fourth-order valence-electron chi connectivity index (χ4n) is 2.79. The molecule has 1 unspecified atom stereocenters. The number of likely N-dealkylation sites (N-methyl/N-ethyl adjacent to an activating group) is 1. The Kier molecular flexibility index (Phi) is 2.44. The zero-order chi connectivity index (χ0) is 12.0. The average Bonchev–Trinajstić information content (AvgIpc) is 3.10. The summed E-state index contributed by atoms with van der Waals surface area (Å²) >= 11 is 0. The number of rotatable bonds is 3. The average molecular weight is 230 g/mol. The lowest BCUT2D eigenvalue weighted by Crippen LogP contribution is -2.20. The summed E-state index contributed by atoms with van der Waals surface area (Å²) in [6, 6.07) is 6.91. The van der Waals surface area contributed by atoms with E-state index in [9.17, 15) is 4.79 Å². The number of nitrogens with one attached hydrogen (secondary N) is 1. The van der Waals surface area contributed by atoms with Gasteiger partial charge in [-0.2, -0.15) is 0 Å². The molecule has 1 heterocycles. The molecule has 1 aliphatic carbocycles. The van der Waals surface area contributed by atoms with Crippen LogP contribution < -0.4 is 10.2 Å². The maximum Gasteiger partial charge on any atom is 0.231 e. The first-order valence-electron chi connectivity index (χ1n) is 6.27. The van der Waals surface area contributed by atoms with Gasteiger partial charge in [-0.05, 0) is 43.0 Å². The highest BCUT2D eigenvalue weighted by molar-refractivity contribution is 6.00. The first-order chi connectivity index (χ1) is 8.20. The Balaban J connectivity index is 1.94. The van der Waals surface area contributed by atoms with Crippen LogP contribution in [0.15, 0.2) is 18.2 Å². The van der Waals surface area contributed by atoms with Gasteiger partial charge in [0.2, 0.25) is 5.91 Å². The second-order valence-corrected chi connectivity index (χ2v) is 5.12. The lowest BCUT2D eigenvalue weighted by Gasteiger charge is -2.17. The van der Waals surface area contributed by atoms with E-state index < -0.39 is 0 Å². The minimum absolute atomic E-state index is 0.199. The molecule has 3 rings (SSSR count). The molecular weight excluding hydrogens is 212 g/mol. The van der Waals surface area contributed by atoms with Crippen LogP contribution in [0.1, 0.15) is 30.0 Å². The van der Waals surface area contributed by atoms with Gasteiger partial charge >= 0.3 is 0 Å². The number of hydrogen-bond acceptors (Lipinski definition) is 2. The van der Waals surface area contributed by atoms with E-state index in [-0.39, 0.29) is 5.91 Å². The smallest absolute Gasteiger partial charge is 0.231 e. The molecule has 2 aliphatic rings. The summed E-state index contributed by atoms with van der Waals surface area (Å²) < 4.78 is 0. The van der Waals surface area contributed by atoms with Crippen LogP contribution in [0.25, 0.3) is 0 Å². The second kappa shape index (κ2) is 3.84. The van der Waals surface area contributed by atoms with Gasteiger partial charge in [-0.15, -0.1) is 0 Å². The molecule has 1 aromatic carbocycles. The maximum atomic E-state index is 11.6. The third-order valence-corrected chi connectivity index (χ3v) is 3.94. The summed E-state index contributed by atoms with van der Waals surface area (Å²) in [7, 11) is 3.87. The van der Waals surface area contributed by atoms with Gasteiger partial charge in [-0.25, -0.2) is 0 Å². The predicted molar refractivity (Wildman–Crippen MR) is 68.1 cm³/mol. The largest absolute Gasteiger partial charge is 0.315 e. The van der Waals surface area contributed by atoms with E-state index in [0.717, 1.165) is 11.6 Å². The van der Waals surface area contributed by atoms with Crippen molar-refractivity contribution in [2.75, 3.05) is 19.0 Å². The van der Waals surface area contributed by atoms with E-state index in [0.29, 0.717) is 12.5 Å². The molecule has 1 aliphatic heterocycles. The second-order valence-electron chi connectivity index (χ2n) is 5.12.